The van der Waals surface area contributed by atoms with Crippen LogP contribution in [0, 0.1) is 5.92 Å². The summed E-state index contributed by atoms with van der Waals surface area (Å²) in [5.41, 5.74) is 6.15. The number of benzene rings is 1. The van der Waals surface area contributed by atoms with Crippen LogP contribution in [0.1, 0.15) is 32.3 Å². The summed E-state index contributed by atoms with van der Waals surface area (Å²) in [6, 6.07) is 7.20. The van der Waals surface area contributed by atoms with Gasteiger partial charge in [0.2, 0.25) is 0 Å². The van der Waals surface area contributed by atoms with Crippen molar-refractivity contribution in [1.82, 2.24) is 0 Å². The fraction of sp³-hybridized carbons (Fsp3) is 0.462. The average molecular weight is 236 g/mol. The van der Waals surface area contributed by atoms with Crippen LogP contribution in [-0.4, -0.2) is 17.6 Å². The molecule has 0 fully saturated rings. The second kappa shape index (κ2) is 6.78. The molecule has 0 spiro atoms. The monoisotopic (exact) mass is 236 g/mol. The summed E-state index contributed by atoms with van der Waals surface area (Å²) in [5, 5.41) is 11.5. The lowest BCUT2D eigenvalue weighted by atomic mass is 10.1. The van der Waals surface area contributed by atoms with E-state index in [0.717, 1.165) is 12.4 Å². The van der Waals surface area contributed by atoms with Gasteiger partial charge in [0.05, 0.1) is 6.61 Å². The van der Waals surface area contributed by atoms with Crippen molar-refractivity contribution in [3.8, 4) is 5.75 Å². The summed E-state index contributed by atoms with van der Waals surface area (Å²) in [6.07, 6.45) is 2.34. The van der Waals surface area contributed by atoms with E-state index in [4.69, 9.17) is 15.7 Å². The molecule has 0 heterocycles. The highest BCUT2D eigenvalue weighted by atomic mass is 16.5. The Kier molecular flexibility index (Phi) is 5.33. The number of amidine groups is 1. The van der Waals surface area contributed by atoms with Crippen LogP contribution in [0.3, 0.4) is 0 Å². The topological polar surface area (TPSA) is 67.8 Å². The van der Waals surface area contributed by atoms with Crippen LogP contribution in [0.2, 0.25) is 0 Å². The lowest BCUT2D eigenvalue weighted by molar-refractivity contribution is 0.251. The molecule has 1 aromatic carbocycles. The highest BCUT2D eigenvalue weighted by Crippen LogP contribution is 2.14. The van der Waals surface area contributed by atoms with Crippen molar-refractivity contribution < 1.29 is 9.94 Å². The van der Waals surface area contributed by atoms with Crippen molar-refractivity contribution in [3.05, 3.63) is 29.8 Å². The summed E-state index contributed by atoms with van der Waals surface area (Å²) in [7, 11) is 0. The van der Waals surface area contributed by atoms with Crippen molar-refractivity contribution in [1.29, 1.82) is 0 Å². The summed E-state index contributed by atoms with van der Waals surface area (Å²) < 4.78 is 5.65. The molecule has 4 heteroatoms. The van der Waals surface area contributed by atoms with E-state index in [2.05, 4.69) is 19.0 Å². The van der Waals surface area contributed by atoms with Gasteiger partial charge in [-0.25, -0.2) is 0 Å². The van der Waals surface area contributed by atoms with Crippen LogP contribution in [-0.2, 0) is 0 Å². The maximum Gasteiger partial charge on any atom is 0.170 e. The molecule has 0 aliphatic carbocycles. The normalized spacial score (nSPS) is 13.4. The first-order valence-electron chi connectivity index (χ1n) is 5.88. The molecule has 0 saturated carbocycles. The summed E-state index contributed by atoms with van der Waals surface area (Å²) in [4.78, 5) is 0. The minimum Gasteiger partial charge on any atom is -0.493 e. The van der Waals surface area contributed by atoms with Crippen LogP contribution in [0.5, 0.6) is 5.75 Å². The van der Waals surface area contributed by atoms with E-state index in [1.54, 1.807) is 12.1 Å². The fourth-order valence-electron chi connectivity index (χ4n) is 1.59. The number of nitrogens with two attached hydrogens (primary N) is 1. The van der Waals surface area contributed by atoms with Gasteiger partial charge in [0.15, 0.2) is 5.84 Å². The zero-order valence-corrected chi connectivity index (χ0v) is 10.4. The maximum atomic E-state index is 8.52. The van der Waals surface area contributed by atoms with E-state index < -0.39 is 0 Å². The Labute approximate surface area is 102 Å². The first kappa shape index (κ1) is 13.4. The number of ether oxygens (including phenoxy) is 1. The van der Waals surface area contributed by atoms with Gasteiger partial charge in [0.25, 0.3) is 0 Å². The number of oxime groups is 1. The van der Waals surface area contributed by atoms with Gasteiger partial charge in [-0.1, -0.05) is 25.4 Å². The Balaban J connectivity index is 2.51. The molecule has 1 unspecified atom stereocenters. The largest absolute Gasteiger partial charge is 0.493 e. The molecule has 0 saturated heterocycles. The van der Waals surface area contributed by atoms with E-state index in [1.165, 1.54) is 12.8 Å². The number of hydrogen-bond donors (Lipinski definition) is 2. The number of rotatable bonds is 6. The van der Waals surface area contributed by atoms with Gasteiger partial charge in [-0.3, -0.25) is 0 Å². The molecule has 17 heavy (non-hydrogen) atoms. The maximum absolute atomic E-state index is 8.52. The van der Waals surface area contributed by atoms with Gasteiger partial charge >= 0.3 is 0 Å². The molecule has 4 nitrogen and oxygen atoms in total. The summed E-state index contributed by atoms with van der Waals surface area (Å²) in [6.45, 7) is 5.06. The van der Waals surface area contributed by atoms with E-state index in [0.29, 0.717) is 11.5 Å². The first-order valence-corrected chi connectivity index (χ1v) is 5.88. The van der Waals surface area contributed by atoms with Gasteiger partial charge in [0, 0.05) is 5.56 Å². The molecule has 1 aromatic rings. The molecule has 0 bridgehead atoms. The lowest BCUT2D eigenvalue weighted by Crippen LogP contribution is -2.13. The highest BCUT2D eigenvalue weighted by Gasteiger charge is 2.03. The molecule has 3 N–H and O–H groups in total. The van der Waals surface area contributed by atoms with Gasteiger partial charge in [-0.05, 0) is 36.6 Å². The van der Waals surface area contributed by atoms with Crippen molar-refractivity contribution in [2.75, 3.05) is 6.61 Å². The Bertz CT molecular complexity index is 360. The third kappa shape index (κ3) is 4.34. The number of hydrogen-bond acceptors (Lipinski definition) is 3. The molecule has 0 radical (unpaired) electrons. The zero-order valence-electron chi connectivity index (χ0n) is 10.4. The Morgan fingerprint density at radius 3 is 2.59 bits per heavy atom. The summed E-state index contributed by atoms with van der Waals surface area (Å²) in [5.74, 6) is 1.47. The second-order valence-corrected chi connectivity index (χ2v) is 4.21. The molecular formula is C13H20N2O2. The zero-order chi connectivity index (χ0) is 12.7. The van der Waals surface area contributed by atoms with Crippen LogP contribution in [0.4, 0.5) is 0 Å². The van der Waals surface area contributed by atoms with Gasteiger partial charge in [-0.2, -0.15) is 0 Å². The van der Waals surface area contributed by atoms with E-state index in [-0.39, 0.29) is 5.84 Å². The Morgan fingerprint density at radius 1 is 1.41 bits per heavy atom. The Hall–Kier alpha value is -1.71. The highest BCUT2D eigenvalue weighted by molar-refractivity contribution is 5.97. The van der Waals surface area contributed by atoms with Crippen LogP contribution in [0.15, 0.2) is 29.4 Å². The van der Waals surface area contributed by atoms with Crippen LogP contribution < -0.4 is 10.5 Å². The molecule has 1 atom stereocenters. The molecule has 1 rings (SSSR count). The molecule has 0 amide bonds. The lowest BCUT2D eigenvalue weighted by Gasteiger charge is -2.12. The standard InChI is InChI=1S/C13H20N2O2/c1-3-4-10(2)9-17-12-7-5-11(6-8-12)13(14)15-16/h5-8,10,16H,3-4,9H2,1-2H3,(H2,14,15). The molecule has 0 aliphatic heterocycles. The van der Waals surface area contributed by atoms with Crippen LogP contribution >= 0.6 is 0 Å². The van der Waals surface area contributed by atoms with Crippen molar-refractivity contribution in [3.63, 3.8) is 0 Å². The van der Waals surface area contributed by atoms with Crippen molar-refractivity contribution >= 4 is 5.84 Å². The SMILES string of the molecule is CCCC(C)COc1ccc(C(N)=NO)cc1. The third-order valence-corrected chi connectivity index (χ3v) is 2.57. The first-order chi connectivity index (χ1) is 8.17. The predicted octanol–water partition coefficient (Wildman–Crippen LogP) is 2.60. The number of nitrogens with zero attached hydrogens (tertiary/aromatic N) is 1. The summed E-state index contributed by atoms with van der Waals surface area (Å²) >= 11 is 0. The van der Waals surface area contributed by atoms with E-state index >= 15 is 0 Å². The van der Waals surface area contributed by atoms with Gasteiger partial charge in [0.1, 0.15) is 5.75 Å². The molecule has 94 valence electrons. The predicted molar refractivity (Wildman–Crippen MR) is 68.5 cm³/mol. The molecule has 0 aromatic heterocycles. The second-order valence-electron chi connectivity index (χ2n) is 4.21. The molecule has 0 aliphatic rings. The van der Waals surface area contributed by atoms with E-state index in [9.17, 15) is 0 Å². The van der Waals surface area contributed by atoms with Crippen LogP contribution in [0.25, 0.3) is 0 Å². The smallest absolute Gasteiger partial charge is 0.170 e. The fourth-order valence-corrected chi connectivity index (χ4v) is 1.59. The average Bonchev–Trinajstić information content (AvgIpc) is 2.36. The minimum absolute atomic E-state index is 0.107. The van der Waals surface area contributed by atoms with Crippen molar-refractivity contribution in [2.24, 2.45) is 16.8 Å². The Morgan fingerprint density at radius 2 is 2.06 bits per heavy atom. The molecular weight excluding hydrogens is 216 g/mol. The third-order valence-electron chi connectivity index (χ3n) is 2.57. The van der Waals surface area contributed by atoms with Gasteiger partial charge in [-0.15, -0.1) is 0 Å². The minimum atomic E-state index is 0.107. The quantitative estimate of drug-likeness (QED) is 0.345. The van der Waals surface area contributed by atoms with Crippen molar-refractivity contribution in [2.45, 2.75) is 26.7 Å². The van der Waals surface area contributed by atoms with E-state index in [1.807, 2.05) is 12.1 Å². The van der Waals surface area contributed by atoms with Gasteiger partial charge < -0.3 is 15.7 Å².